The fraction of sp³-hybridized carbons (Fsp3) is 0.300. The van der Waals surface area contributed by atoms with Gasteiger partial charge in [0.1, 0.15) is 0 Å². The fourth-order valence-corrected chi connectivity index (χ4v) is 4.01. The molecule has 1 amide bonds. The van der Waals surface area contributed by atoms with Crippen molar-refractivity contribution in [2.24, 2.45) is 0 Å². The number of nitrogens with one attached hydrogen (secondary N) is 2. The van der Waals surface area contributed by atoms with Gasteiger partial charge in [0.2, 0.25) is 5.91 Å². The van der Waals surface area contributed by atoms with Crippen molar-refractivity contribution in [2.45, 2.75) is 32.5 Å². The first-order chi connectivity index (χ1) is 14.9. The quantitative estimate of drug-likeness (QED) is 0.433. The second-order valence-corrected chi connectivity index (χ2v) is 8.56. The Labute approximate surface area is 193 Å². The lowest BCUT2D eigenvalue weighted by atomic mass is 10.1. The lowest BCUT2D eigenvalue weighted by Crippen LogP contribution is -2.32. The van der Waals surface area contributed by atoms with Gasteiger partial charge in [0.15, 0.2) is 5.13 Å². The number of thiazole rings is 1. The molecule has 0 aliphatic carbocycles. The lowest BCUT2D eigenvalue weighted by molar-refractivity contribution is -0.120. The molecule has 3 rings (SSSR count). The Kier molecular flexibility index (Phi) is 8.03. The summed E-state index contributed by atoms with van der Waals surface area (Å²) in [5.74, 6) is -0.320. The van der Waals surface area contributed by atoms with Crippen molar-refractivity contribution in [3.05, 3.63) is 72.6 Å². The number of hydrogen-bond donors (Lipinski definition) is 3. The van der Waals surface area contributed by atoms with Gasteiger partial charge in [0.05, 0.1) is 29.9 Å². The minimum Gasteiger partial charge on any atom is -0.375 e. The molecule has 0 bridgehead atoms. The zero-order valence-electron chi connectivity index (χ0n) is 16.8. The molecule has 2 aromatic heterocycles. The molecule has 0 atom stereocenters. The SMILES string of the molecule is CNCc1ccc(Cl)cc1CNC(=O)Cc1c(Cl)cnn(CCc2csc(N)n2)c1=O. The molecule has 0 saturated heterocycles. The Hall–Kier alpha value is -2.46. The third kappa shape index (κ3) is 6.27. The molecular weight excluding hydrogens is 459 g/mol. The third-order valence-corrected chi connectivity index (χ3v) is 5.87. The highest BCUT2D eigenvalue weighted by atomic mass is 35.5. The van der Waals surface area contributed by atoms with Crippen molar-refractivity contribution in [3.8, 4) is 0 Å². The highest BCUT2D eigenvalue weighted by Gasteiger charge is 2.15. The molecule has 0 saturated carbocycles. The number of nitrogens with zero attached hydrogens (tertiary/aromatic N) is 3. The van der Waals surface area contributed by atoms with Gasteiger partial charge in [-0.2, -0.15) is 5.10 Å². The van der Waals surface area contributed by atoms with Crippen molar-refractivity contribution in [1.82, 2.24) is 25.4 Å². The zero-order valence-corrected chi connectivity index (χ0v) is 19.2. The molecule has 4 N–H and O–H groups in total. The number of aromatic nitrogens is 3. The maximum absolute atomic E-state index is 12.8. The van der Waals surface area contributed by atoms with Gasteiger partial charge in [-0.1, -0.05) is 29.3 Å². The number of benzene rings is 1. The number of halogens is 2. The van der Waals surface area contributed by atoms with Crippen LogP contribution in [0, 0.1) is 0 Å². The normalized spacial score (nSPS) is 10.9. The van der Waals surface area contributed by atoms with Crippen LogP contribution < -0.4 is 21.9 Å². The molecule has 0 unspecified atom stereocenters. The molecule has 2 heterocycles. The Morgan fingerprint density at radius 3 is 2.77 bits per heavy atom. The number of nitrogen functional groups attached to an aromatic ring is 1. The van der Waals surface area contributed by atoms with Crippen LogP contribution in [0.5, 0.6) is 0 Å². The Morgan fingerprint density at radius 2 is 2.06 bits per heavy atom. The number of carbonyl (C=O) groups excluding carboxylic acids is 1. The maximum Gasteiger partial charge on any atom is 0.271 e. The average molecular weight is 481 g/mol. The standard InChI is InChI=1S/C20H22Cl2N6O2S/c1-24-8-12-2-3-14(21)6-13(12)9-25-18(29)7-16-17(22)10-26-28(19(16)30)5-4-15-11-31-20(23)27-15/h2-3,6,10-11,24H,4-5,7-9H2,1H3,(H2,23,27)(H,25,29). The van der Waals surface area contributed by atoms with Gasteiger partial charge in [-0.15, -0.1) is 11.3 Å². The minimum atomic E-state index is -0.399. The van der Waals surface area contributed by atoms with E-state index < -0.39 is 5.56 Å². The molecule has 3 aromatic rings. The van der Waals surface area contributed by atoms with Crippen LogP contribution in [-0.2, 0) is 37.3 Å². The van der Waals surface area contributed by atoms with Crippen LogP contribution in [0.4, 0.5) is 5.13 Å². The average Bonchev–Trinajstić information content (AvgIpc) is 3.16. The van der Waals surface area contributed by atoms with Gasteiger partial charge >= 0.3 is 0 Å². The molecule has 0 aliphatic rings. The van der Waals surface area contributed by atoms with Gasteiger partial charge in [-0.3, -0.25) is 9.59 Å². The minimum absolute atomic E-state index is 0.147. The summed E-state index contributed by atoms with van der Waals surface area (Å²) >= 11 is 13.6. The summed E-state index contributed by atoms with van der Waals surface area (Å²) in [6, 6.07) is 5.53. The topological polar surface area (TPSA) is 115 Å². The van der Waals surface area contributed by atoms with Crippen LogP contribution in [0.1, 0.15) is 22.4 Å². The second kappa shape index (κ2) is 10.7. The van der Waals surface area contributed by atoms with Crippen LogP contribution in [0.25, 0.3) is 0 Å². The third-order valence-electron chi connectivity index (χ3n) is 4.59. The molecule has 11 heteroatoms. The van der Waals surface area contributed by atoms with E-state index in [1.54, 1.807) is 6.07 Å². The zero-order chi connectivity index (χ0) is 22.4. The van der Waals surface area contributed by atoms with Crippen LogP contribution >= 0.6 is 34.5 Å². The Morgan fingerprint density at radius 1 is 1.26 bits per heavy atom. The largest absolute Gasteiger partial charge is 0.375 e. The molecule has 0 radical (unpaired) electrons. The molecule has 1 aromatic carbocycles. The van der Waals surface area contributed by atoms with E-state index in [0.717, 1.165) is 16.8 Å². The summed E-state index contributed by atoms with van der Waals surface area (Å²) < 4.78 is 1.28. The van der Waals surface area contributed by atoms with E-state index in [9.17, 15) is 9.59 Å². The van der Waals surface area contributed by atoms with Crippen molar-refractivity contribution in [1.29, 1.82) is 0 Å². The molecule has 31 heavy (non-hydrogen) atoms. The van der Waals surface area contributed by atoms with E-state index in [4.69, 9.17) is 28.9 Å². The van der Waals surface area contributed by atoms with Crippen LogP contribution in [0.3, 0.4) is 0 Å². The van der Waals surface area contributed by atoms with Gasteiger partial charge in [0, 0.05) is 35.5 Å². The number of anilines is 1. The molecule has 8 nitrogen and oxygen atoms in total. The smallest absolute Gasteiger partial charge is 0.271 e. The van der Waals surface area contributed by atoms with Crippen molar-refractivity contribution in [3.63, 3.8) is 0 Å². The lowest BCUT2D eigenvalue weighted by Gasteiger charge is -2.12. The molecule has 164 valence electrons. The number of rotatable bonds is 9. The summed E-state index contributed by atoms with van der Waals surface area (Å²) in [5, 5.41) is 13.0. The van der Waals surface area contributed by atoms with E-state index in [2.05, 4.69) is 20.7 Å². The summed E-state index contributed by atoms with van der Waals surface area (Å²) in [4.78, 5) is 29.5. The summed E-state index contributed by atoms with van der Waals surface area (Å²) in [7, 11) is 1.84. The fourth-order valence-electron chi connectivity index (χ4n) is 3.02. The van der Waals surface area contributed by atoms with E-state index in [0.29, 0.717) is 36.2 Å². The predicted octanol–water partition coefficient (Wildman–Crippen LogP) is 2.41. The maximum atomic E-state index is 12.8. The van der Waals surface area contributed by atoms with Gasteiger partial charge in [-0.05, 0) is 30.3 Å². The second-order valence-electron chi connectivity index (χ2n) is 6.82. The number of amides is 1. The van der Waals surface area contributed by atoms with Crippen LogP contribution in [0.2, 0.25) is 10.0 Å². The number of carbonyl (C=O) groups is 1. The Bertz CT molecular complexity index is 1130. The van der Waals surface area contributed by atoms with Crippen LogP contribution in [-0.4, -0.2) is 27.7 Å². The summed E-state index contributed by atoms with van der Waals surface area (Å²) in [6.45, 7) is 1.25. The Balaban J connectivity index is 1.67. The first-order valence-corrected chi connectivity index (χ1v) is 11.1. The molecular formula is C20H22Cl2N6O2S. The van der Waals surface area contributed by atoms with E-state index in [1.807, 2.05) is 24.6 Å². The number of nitrogens with two attached hydrogens (primary N) is 1. The number of hydrogen-bond acceptors (Lipinski definition) is 7. The van der Waals surface area contributed by atoms with Crippen molar-refractivity contribution < 1.29 is 4.79 Å². The van der Waals surface area contributed by atoms with Gasteiger partial charge < -0.3 is 16.4 Å². The van der Waals surface area contributed by atoms with Crippen molar-refractivity contribution in [2.75, 3.05) is 12.8 Å². The number of aryl methyl sites for hydroxylation is 2. The van der Waals surface area contributed by atoms with Crippen molar-refractivity contribution >= 4 is 45.6 Å². The van der Waals surface area contributed by atoms with E-state index in [-0.39, 0.29) is 22.9 Å². The summed E-state index contributed by atoms with van der Waals surface area (Å²) in [6.07, 6.45) is 1.73. The first kappa shape index (κ1) is 23.2. The predicted molar refractivity (Wildman–Crippen MR) is 124 cm³/mol. The highest BCUT2D eigenvalue weighted by molar-refractivity contribution is 7.13. The van der Waals surface area contributed by atoms with Gasteiger partial charge in [-0.25, -0.2) is 9.67 Å². The monoisotopic (exact) mass is 480 g/mol. The van der Waals surface area contributed by atoms with Gasteiger partial charge in [0.25, 0.3) is 5.56 Å². The molecule has 0 aliphatic heterocycles. The molecule has 0 fully saturated rings. The van der Waals surface area contributed by atoms with Crippen LogP contribution in [0.15, 0.2) is 34.6 Å². The highest BCUT2D eigenvalue weighted by Crippen LogP contribution is 2.17. The van der Waals surface area contributed by atoms with E-state index >= 15 is 0 Å². The molecule has 0 spiro atoms. The van der Waals surface area contributed by atoms with E-state index in [1.165, 1.54) is 22.2 Å². The first-order valence-electron chi connectivity index (χ1n) is 9.50. The summed E-state index contributed by atoms with van der Waals surface area (Å²) in [5.41, 5.74) is 8.14.